The minimum Gasteiger partial charge on any atom is -0.372 e. The highest BCUT2D eigenvalue weighted by molar-refractivity contribution is 5.89. The molecule has 2 heterocycles. The monoisotopic (exact) mass is 434 g/mol. The van der Waals surface area contributed by atoms with Crippen LogP contribution in [0.5, 0.6) is 0 Å². The molecule has 0 aliphatic carbocycles. The Balaban J connectivity index is 1.24. The van der Waals surface area contributed by atoms with Gasteiger partial charge in [-0.15, -0.1) is 0 Å². The van der Waals surface area contributed by atoms with Gasteiger partial charge in [0.25, 0.3) is 0 Å². The fraction of sp³-hybridized carbons (Fsp3) is 0.462. The van der Waals surface area contributed by atoms with Crippen LogP contribution in [-0.4, -0.2) is 31.4 Å². The number of amides is 2. The van der Waals surface area contributed by atoms with Crippen molar-refractivity contribution >= 4 is 28.9 Å². The zero-order valence-corrected chi connectivity index (χ0v) is 18.9. The summed E-state index contributed by atoms with van der Waals surface area (Å²) < 4.78 is 0. The van der Waals surface area contributed by atoms with Crippen LogP contribution in [0.15, 0.2) is 48.5 Å². The predicted octanol–water partition coefficient (Wildman–Crippen LogP) is 4.20. The van der Waals surface area contributed by atoms with Crippen LogP contribution in [-0.2, 0) is 16.1 Å². The largest absolute Gasteiger partial charge is 0.372 e. The Labute approximate surface area is 190 Å². The first-order chi connectivity index (χ1) is 15.6. The van der Waals surface area contributed by atoms with E-state index < -0.39 is 0 Å². The number of benzene rings is 2. The molecule has 2 amide bonds. The van der Waals surface area contributed by atoms with Gasteiger partial charge in [-0.1, -0.05) is 31.9 Å². The highest BCUT2D eigenvalue weighted by Crippen LogP contribution is 2.27. The maximum absolute atomic E-state index is 12.1. The average Bonchev–Trinajstić information content (AvgIpc) is 3.26. The summed E-state index contributed by atoms with van der Waals surface area (Å²) in [6, 6.07) is 16.7. The summed E-state index contributed by atoms with van der Waals surface area (Å²) in [7, 11) is 0. The zero-order chi connectivity index (χ0) is 22.3. The van der Waals surface area contributed by atoms with Gasteiger partial charge in [-0.2, -0.15) is 0 Å². The Bertz CT molecular complexity index is 902. The number of nitrogens with zero attached hydrogens (tertiary/aromatic N) is 1. The van der Waals surface area contributed by atoms with Crippen LogP contribution < -0.4 is 20.9 Å². The van der Waals surface area contributed by atoms with Crippen molar-refractivity contribution < 1.29 is 9.59 Å². The summed E-state index contributed by atoms with van der Waals surface area (Å²) in [4.78, 5) is 25.9. The molecule has 0 bridgehead atoms. The fourth-order valence-corrected chi connectivity index (χ4v) is 4.64. The number of rotatable bonds is 8. The van der Waals surface area contributed by atoms with Crippen LogP contribution in [0.1, 0.15) is 44.6 Å². The molecule has 0 spiro atoms. The van der Waals surface area contributed by atoms with E-state index in [0.29, 0.717) is 13.1 Å². The molecule has 2 fully saturated rings. The van der Waals surface area contributed by atoms with Gasteiger partial charge < -0.3 is 20.9 Å². The third kappa shape index (κ3) is 5.81. The lowest BCUT2D eigenvalue weighted by molar-refractivity contribution is -0.126. The predicted molar refractivity (Wildman–Crippen MR) is 129 cm³/mol. The summed E-state index contributed by atoms with van der Waals surface area (Å²) in [6.45, 7) is 5.49. The van der Waals surface area contributed by atoms with Crippen LogP contribution in [0.3, 0.4) is 0 Å². The van der Waals surface area contributed by atoms with Crippen LogP contribution in [0.4, 0.5) is 17.1 Å². The lowest BCUT2D eigenvalue weighted by Crippen LogP contribution is -2.33. The number of nitrogens with one attached hydrogen (secondary N) is 3. The van der Waals surface area contributed by atoms with Gasteiger partial charge in [0.1, 0.15) is 0 Å². The summed E-state index contributed by atoms with van der Waals surface area (Å²) in [6.07, 6.45) is 5.54. The van der Waals surface area contributed by atoms with E-state index in [1.54, 1.807) is 0 Å². The molecular formula is C26H34N4O2. The van der Waals surface area contributed by atoms with Crippen molar-refractivity contribution in [3.05, 3.63) is 54.1 Å². The number of carbonyl (C=O) groups is 2. The lowest BCUT2D eigenvalue weighted by Gasteiger charge is -2.33. The normalized spacial score (nSPS) is 19.0. The lowest BCUT2D eigenvalue weighted by atomic mass is 9.92. The van der Waals surface area contributed by atoms with Crippen molar-refractivity contribution in [2.24, 2.45) is 11.8 Å². The Hall–Kier alpha value is -3.02. The molecule has 2 aliphatic rings. The maximum Gasteiger partial charge on any atom is 0.225 e. The molecule has 32 heavy (non-hydrogen) atoms. The molecule has 170 valence electrons. The zero-order valence-electron chi connectivity index (χ0n) is 18.9. The van der Waals surface area contributed by atoms with Crippen LogP contribution in [0.2, 0.25) is 0 Å². The van der Waals surface area contributed by atoms with Crippen molar-refractivity contribution in [3.8, 4) is 0 Å². The quantitative estimate of drug-likeness (QED) is 0.582. The van der Waals surface area contributed by atoms with Crippen molar-refractivity contribution in [1.82, 2.24) is 10.6 Å². The molecule has 2 saturated heterocycles. The number of hydrogen-bond acceptors (Lipinski definition) is 4. The molecule has 6 heteroatoms. The van der Waals surface area contributed by atoms with E-state index in [4.69, 9.17) is 0 Å². The SMILES string of the molecule is CCCC1CCN(c2ccc(Nc3ccc(CNC(=O)C4CNC(=O)C4)cc3)cc2)CC1. The third-order valence-corrected chi connectivity index (χ3v) is 6.60. The van der Waals surface area contributed by atoms with E-state index in [0.717, 1.165) is 35.9 Å². The molecule has 2 aromatic rings. The number of anilines is 3. The van der Waals surface area contributed by atoms with Crippen LogP contribution in [0, 0.1) is 11.8 Å². The second kappa shape index (κ2) is 10.5. The molecule has 4 rings (SSSR count). The summed E-state index contributed by atoms with van der Waals surface area (Å²) in [5, 5.41) is 9.07. The Kier molecular flexibility index (Phi) is 7.30. The van der Waals surface area contributed by atoms with E-state index in [2.05, 4.69) is 52.0 Å². The van der Waals surface area contributed by atoms with Gasteiger partial charge in [0, 0.05) is 49.7 Å². The first-order valence-corrected chi connectivity index (χ1v) is 11.9. The summed E-state index contributed by atoms with van der Waals surface area (Å²) >= 11 is 0. The second-order valence-electron chi connectivity index (χ2n) is 9.01. The third-order valence-electron chi connectivity index (χ3n) is 6.60. The van der Waals surface area contributed by atoms with Crippen molar-refractivity contribution in [3.63, 3.8) is 0 Å². The van der Waals surface area contributed by atoms with Gasteiger partial charge in [0.05, 0.1) is 5.92 Å². The van der Waals surface area contributed by atoms with E-state index in [1.807, 2.05) is 24.3 Å². The molecule has 2 aromatic carbocycles. The maximum atomic E-state index is 12.1. The van der Waals surface area contributed by atoms with E-state index in [9.17, 15) is 9.59 Å². The van der Waals surface area contributed by atoms with Gasteiger partial charge in [-0.25, -0.2) is 0 Å². The smallest absolute Gasteiger partial charge is 0.225 e. The molecule has 0 aromatic heterocycles. The Morgan fingerprint density at radius 1 is 1.03 bits per heavy atom. The molecule has 0 radical (unpaired) electrons. The van der Waals surface area contributed by atoms with Gasteiger partial charge in [0.15, 0.2) is 0 Å². The molecule has 1 unspecified atom stereocenters. The van der Waals surface area contributed by atoms with Gasteiger partial charge in [-0.05, 0) is 60.7 Å². The Morgan fingerprint density at radius 2 is 1.69 bits per heavy atom. The minimum absolute atomic E-state index is 0.0508. The minimum atomic E-state index is -0.255. The van der Waals surface area contributed by atoms with Crippen LogP contribution in [0.25, 0.3) is 0 Å². The highest BCUT2D eigenvalue weighted by Gasteiger charge is 2.27. The van der Waals surface area contributed by atoms with E-state index in [1.165, 1.54) is 31.4 Å². The Morgan fingerprint density at radius 3 is 2.28 bits per heavy atom. The first kappa shape index (κ1) is 22.2. The molecule has 1 atom stereocenters. The molecule has 0 saturated carbocycles. The topological polar surface area (TPSA) is 73.5 Å². The van der Waals surface area contributed by atoms with Crippen molar-refractivity contribution in [2.75, 3.05) is 29.9 Å². The number of carbonyl (C=O) groups excluding carboxylic acids is 2. The molecule has 2 aliphatic heterocycles. The number of hydrogen-bond donors (Lipinski definition) is 3. The van der Waals surface area contributed by atoms with Gasteiger partial charge in [-0.3, -0.25) is 9.59 Å². The van der Waals surface area contributed by atoms with Gasteiger partial charge >= 0.3 is 0 Å². The van der Waals surface area contributed by atoms with Crippen molar-refractivity contribution in [2.45, 2.75) is 45.6 Å². The number of piperidine rings is 1. The summed E-state index contributed by atoms with van der Waals surface area (Å²) in [5.74, 6) is 0.525. The molecule has 3 N–H and O–H groups in total. The van der Waals surface area contributed by atoms with Crippen LogP contribution >= 0.6 is 0 Å². The van der Waals surface area contributed by atoms with Gasteiger partial charge in [0.2, 0.25) is 11.8 Å². The van der Waals surface area contributed by atoms with E-state index >= 15 is 0 Å². The molecule has 6 nitrogen and oxygen atoms in total. The first-order valence-electron chi connectivity index (χ1n) is 11.9. The standard InChI is InChI=1S/C26H34N4O2/c1-2-3-19-12-14-30(15-13-19)24-10-8-23(9-11-24)29-22-6-4-20(5-7-22)17-28-26(32)21-16-25(31)27-18-21/h4-11,19,21,29H,2-3,12-18H2,1H3,(H,27,31)(H,28,32). The average molecular weight is 435 g/mol. The van der Waals surface area contributed by atoms with Crippen molar-refractivity contribution in [1.29, 1.82) is 0 Å². The molecular weight excluding hydrogens is 400 g/mol. The fourth-order valence-electron chi connectivity index (χ4n) is 4.64. The summed E-state index contributed by atoms with van der Waals surface area (Å²) in [5.41, 5.74) is 4.41. The second-order valence-corrected chi connectivity index (χ2v) is 9.01. The highest BCUT2D eigenvalue weighted by atomic mass is 16.2. The van der Waals surface area contributed by atoms with E-state index in [-0.39, 0.29) is 24.2 Å².